The lowest BCUT2D eigenvalue weighted by molar-refractivity contribution is 0.324. The number of hydrogen-bond acceptors (Lipinski definition) is 13. The summed E-state index contributed by atoms with van der Waals surface area (Å²) in [6.07, 6.45) is 0. The average Bonchev–Trinajstić information content (AvgIpc) is 2.26. The lowest BCUT2D eigenvalue weighted by Crippen LogP contribution is -2.09. The fourth-order valence-corrected chi connectivity index (χ4v) is 0.986. The van der Waals surface area contributed by atoms with E-state index in [0.717, 1.165) is 0 Å². The Morgan fingerprint density at radius 2 is 0.950 bits per heavy atom. The van der Waals surface area contributed by atoms with Gasteiger partial charge in [0.2, 0.25) is 35.7 Å². The Bertz CT molecular complexity index is 503. The standard InChI is InChI=1S/C4H8N6O.C3H6N6/c5-2-8-3(6)10-4(9-2)7-1-11;4-1-7-2(5)9-3(6)8-1/h11H,1H2,(H5,5,6,7,8,9,10);(H6,4,5,6,7,8,9). The predicted octanol–water partition coefficient (Wildman–Crippen LogP) is -2.98. The van der Waals surface area contributed by atoms with Crippen LogP contribution in [-0.2, 0) is 0 Å². The van der Waals surface area contributed by atoms with E-state index in [4.69, 9.17) is 33.8 Å². The Kier molecular flexibility index (Phi) is 4.93. The first kappa shape index (κ1) is 14.8. The molecule has 0 aliphatic carbocycles. The van der Waals surface area contributed by atoms with Crippen LogP contribution in [0.25, 0.3) is 0 Å². The first-order valence-electron chi connectivity index (χ1n) is 5.05. The first-order valence-corrected chi connectivity index (χ1v) is 5.05. The zero-order valence-electron chi connectivity index (χ0n) is 10.2. The number of rotatable bonds is 2. The van der Waals surface area contributed by atoms with Crippen molar-refractivity contribution in [3.8, 4) is 0 Å². The zero-order valence-corrected chi connectivity index (χ0v) is 10.2. The quantitative estimate of drug-likeness (QED) is 0.272. The summed E-state index contributed by atoms with van der Waals surface area (Å²) in [4.78, 5) is 21.2. The molecular weight excluding hydrogens is 268 g/mol. The number of hydrogen-bond donors (Lipinski definition) is 7. The molecule has 0 aliphatic rings. The molecule has 0 amide bonds. The normalized spacial score (nSPS) is 9.45. The van der Waals surface area contributed by atoms with Crippen LogP contribution < -0.4 is 34.0 Å². The zero-order chi connectivity index (χ0) is 15.1. The van der Waals surface area contributed by atoms with Gasteiger partial charge in [-0.1, -0.05) is 0 Å². The number of nitrogen functional groups attached to an aromatic ring is 5. The van der Waals surface area contributed by atoms with E-state index >= 15 is 0 Å². The van der Waals surface area contributed by atoms with Gasteiger partial charge in [-0.05, 0) is 0 Å². The largest absolute Gasteiger partial charge is 0.376 e. The van der Waals surface area contributed by atoms with Crippen LogP contribution in [0.4, 0.5) is 35.7 Å². The van der Waals surface area contributed by atoms with Crippen molar-refractivity contribution in [2.24, 2.45) is 0 Å². The molecule has 108 valence electrons. The number of aliphatic hydroxyl groups excluding tert-OH is 1. The molecule has 13 nitrogen and oxygen atoms in total. The molecule has 0 spiro atoms. The van der Waals surface area contributed by atoms with Gasteiger partial charge < -0.3 is 39.1 Å². The van der Waals surface area contributed by atoms with Crippen LogP contribution in [0, 0.1) is 0 Å². The maximum absolute atomic E-state index is 8.41. The Labute approximate surface area is 112 Å². The van der Waals surface area contributed by atoms with Crippen molar-refractivity contribution >= 4 is 35.7 Å². The van der Waals surface area contributed by atoms with Crippen LogP contribution in [0.15, 0.2) is 0 Å². The molecule has 2 aromatic heterocycles. The van der Waals surface area contributed by atoms with Gasteiger partial charge in [-0.2, -0.15) is 29.9 Å². The molecule has 2 aromatic rings. The second-order valence-corrected chi connectivity index (χ2v) is 3.12. The van der Waals surface area contributed by atoms with E-state index in [2.05, 4.69) is 35.2 Å². The van der Waals surface area contributed by atoms with E-state index in [1.807, 2.05) is 0 Å². The van der Waals surface area contributed by atoms with Crippen molar-refractivity contribution < 1.29 is 5.11 Å². The minimum Gasteiger partial charge on any atom is -0.376 e. The van der Waals surface area contributed by atoms with Crippen molar-refractivity contribution in [3.05, 3.63) is 0 Å². The van der Waals surface area contributed by atoms with E-state index < -0.39 is 0 Å². The van der Waals surface area contributed by atoms with Gasteiger partial charge in [0.25, 0.3) is 0 Å². The lowest BCUT2D eigenvalue weighted by atomic mass is 10.8. The molecule has 0 radical (unpaired) electrons. The molecule has 0 saturated heterocycles. The summed E-state index contributed by atoms with van der Waals surface area (Å²) in [5.41, 5.74) is 25.9. The topological polar surface area (TPSA) is 240 Å². The minimum atomic E-state index is -0.275. The summed E-state index contributed by atoms with van der Waals surface area (Å²) in [6.45, 7) is -0.275. The summed E-state index contributed by atoms with van der Waals surface area (Å²) in [7, 11) is 0. The van der Waals surface area contributed by atoms with Crippen LogP contribution in [0.5, 0.6) is 0 Å². The molecule has 2 rings (SSSR count). The van der Waals surface area contributed by atoms with E-state index in [9.17, 15) is 0 Å². The molecule has 13 heteroatoms. The highest BCUT2D eigenvalue weighted by Crippen LogP contribution is 2.01. The van der Waals surface area contributed by atoms with Crippen LogP contribution in [0.3, 0.4) is 0 Å². The van der Waals surface area contributed by atoms with Crippen LogP contribution in [-0.4, -0.2) is 41.7 Å². The molecule has 20 heavy (non-hydrogen) atoms. The highest BCUT2D eigenvalue weighted by atomic mass is 16.3. The summed E-state index contributed by atoms with van der Waals surface area (Å²) in [6, 6.07) is 0. The number of aliphatic hydroxyl groups is 1. The Morgan fingerprint density at radius 1 is 0.650 bits per heavy atom. The van der Waals surface area contributed by atoms with Gasteiger partial charge in [0.05, 0.1) is 0 Å². The molecule has 0 aromatic carbocycles. The van der Waals surface area contributed by atoms with Crippen LogP contribution in [0.1, 0.15) is 0 Å². The Morgan fingerprint density at radius 3 is 1.25 bits per heavy atom. The van der Waals surface area contributed by atoms with Crippen molar-refractivity contribution in [3.63, 3.8) is 0 Å². The van der Waals surface area contributed by atoms with Gasteiger partial charge in [0.15, 0.2) is 0 Å². The average molecular weight is 282 g/mol. The van der Waals surface area contributed by atoms with Gasteiger partial charge in [-0.25, -0.2) is 0 Å². The number of nitrogens with two attached hydrogens (primary N) is 5. The second-order valence-electron chi connectivity index (χ2n) is 3.12. The Hall–Kier alpha value is -3.22. The third-order valence-corrected chi connectivity index (χ3v) is 1.59. The number of nitrogens with zero attached hydrogens (tertiary/aromatic N) is 6. The van der Waals surface area contributed by atoms with Gasteiger partial charge in [0.1, 0.15) is 6.73 Å². The van der Waals surface area contributed by atoms with Crippen molar-refractivity contribution in [1.82, 2.24) is 29.9 Å². The molecule has 0 saturated carbocycles. The minimum absolute atomic E-state index is 0.0217. The fourth-order valence-electron chi connectivity index (χ4n) is 0.986. The number of aromatic nitrogens is 6. The Balaban J connectivity index is 0.000000204. The highest BCUT2D eigenvalue weighted by Gasteiger charge is 1.98. The van der Waals surface area contributed by atoms with Gasteiger partial charge in [-0.3, -0.25) is 0 Å². The van der Waals surface area contributed by atoms with Gasteiger partial charge in [-0.15, -0.1) is 0 Å². The van der Waals surface area contributed by atoms with E-state index in [1.54, 1.807) is 0 Å². The number of anilines is 6. The molecule has 2 heterocycles. The third kappa shape index (κ3) is 4.96. The van der Waals surface area contributed by atoms with Crippen LogP contribution >= 0.6 is 0 Å². The SMILES string of the molecule is Nc1nc(N)nc(N)n1.Nc1nc(N)nc(NCO)n1. The molecule has 0 aliphatic heterocycles. The highest BCUT2D eigenvalue weighted by molar-refractivity contribution is 5.36. The summed E-state index contributed by atoms with van der Waals surface area (Å²) in [5, 5.41) is 10.8. The maximum atomic E-state index is 8.41. The third-order valence-electron chi connectivity index (χ3n) is 1.59. The maximum Gasteiger partial charge on any atom is 0.231 e. The lowest BCUT2D eigenvalue weighted by Gasteiger charge is -2.00. The van der Waals surface area contributed by atoms with Gasteiger partial charge >= 0.3 is 0 Å². The summed E-state index contributed by atoms with van der Waals surface area (Å²) >= 11 is 0. The van der Waals surface area contributed by atoms with E-state index in [0.29, 0.717) is 0 Å². The molecule has 0 atom stereocenters. The van der Waals surface area contributed by atoms with Crippen molar-refractivity contribution in [1.29, 1.82) is 0 Å². The number of nitrogens with one attached hydrogen (secondary N) is 1. The molecular formula is C7H14N12O. The molecule has 0 unspecified atom stereocenters. The molecule has 0 fully saturated rings. The van der Waals surface area contributed by atoms with E-state index in [1.165, 1.54) is 0 Å². The fraction of sp³-hybridized carbons (Fsp3) is 0.143. The van der Waals surface area contributed by atoms with Crippen LogP contribution in [0.2, 0.25) is 0 Å². The first-order chi connectivity index (χ1) is 9.40. The second kappa shape index (κ2) is 6.64. The van der Waals surface area contributed by atoms with Gasteiger partial charge in [0, 0.05) is 0 Å². The van der Waals surface area contributed by atoms with E-state index in [-0.39, 0.29) is 42.4 Å². The van der Waals surface area contributed by atoms with Crippen molar-refractivity contribution in [2.45, 2.75) is 0 Å². The molecule has 0 bridgehead atoms. The summed E-state index contributed by atoms with van der Waals surface area (Å²) in [5.74, 6) is 0.333. The monoisotopic (exact) mass is 282 g/mol. The summed E-state index contributed by atoms with van der Waals surface area (Å²) < 4.78 is 0. The van der Waals surface area contributed by atoms with Crippen molar-refractivity contribution in [2.75, 3.05) is 40.7 Å². The predicted molar refractivity (Wildman–Crippen MR) is 72.4 cm³/mol. The smallest absolute Gasteiger partial charge is 0.231 e. The molecule has 12 N–H and O–H groups in total.